The molecule has 0 radical (unpaired) electrons. The summed E-state index contributed by atoms with van der Waals surface area (Å²) in [7, 11) is 1.56. The molecule has 1 aromatic heterocycles. The SMILES string of the molecule is CCOC(=O)CN(CCOC)CC(=O)Nc1cc(C(C)C)no1. The third-order valence-corrected chi connectivity index (χ3v) is 3.02. The van der Waals surface area contributed by atoms with Crippen LogP contribution in [0.1, 0.15) is 32.4 Å². The average molecular weight is 327 g/mol. The Morgan fingerprint density at radius 1 is 1.39 bits per heavy atom. The molecule has 8 heteroatoms. The lowest BCUT2D eigenvalue weighted by atomic mass is 10.1. The fourth-order valence-corrected chi connectivity index (χ4v) is 1.82. The van der Waals surface area contributed by atoms with Crippen molar-refractivity contribution >= 4 is 17.8 Å². The zero-order chi connectivity index (χ0) is 17.2. The van der Waals surface area contributed by atoms with E-state index in [1.807, 2.05) is 13.8 Å². The molecular weight excluding hydrogens is 302 g/mol. The van der Waals surface area contributed by atoms with Crippen LogP contribution in [0, 0.1) is 0 Å². The van der Waals surface area contributed by atoms with Crippen molar-refractivity contribution in [3.05, 3.63) is 11.8 Å². The summed E-state index contributed by atoms with van der Waals surface area (Å²) in [5.41, 5.74) is 0.767. The molecule has 1 N–H and O–H groups in total. The lowest BCUT2D eigenvalue weighted by molar-refractivity contribution is -0.144. The van der Waals surface area contributed by atoms with Crippen LogP contribution in [0.2, 0.25) is 0 Å². The third-order valence-electron chi connectivity index (χ3n) is 3.02. The molecule has 0 saturated heterocycles. The minimum absolute atomic E-state index is 0.0261. The number of anilines is 1. The zero-order valence-electron chi connectivity index (χ0n) is 14.1. The van der Waals surface area contributed by atoms with Crippen molar-refractivity contribution in [3.63, 3.8) is 0 Å². The van der Waals surface area contributed by atoms with Crippen LogP contribution in [0.5, 0.6) is 0 Å². The van der Waals surface area contributed by atoms with Crippen molar-refractivity contribution in [2.75, 3.05) is 45.3 Å². The Labute approximate surface area is 136 Å². The van der Waals surface area contributed by atoms with Gasteiger partial charge in [0.1, 0.15) is 0 Å². The number of hydrogen-bond donors (Lipinski definition) is 1. The largest absolute Gasteiger partial charge is 0.465 e. The van der Waals surface area contributed by atoms with E-state index in [0.29, 0.717) is 25.6 Å². The van der Waals surface area contributed by atoms with E-state index in [-0.39, 0.29) is 30.9 Å². The van der Waals surface area contributed by atoms with Crippen molar-refractivity contribution < 1.29 is 23.6 Å². The second-order valence-corrected chi connectivity index (χ2v) is 5.33. The van der Waals surface area contributed by atoms with E-state index < -0.39 is 0 Å². The number of nitrogens with one attached hydrogen (secondary N) is 1. The predicted octanol–water partition coefficient (Wildman–Crippen LogP) is 1.25. The number of nitrogens with zero attached hydrogens (tertiary/aromatic N) is 2. The average Bonchev–Trinajstić information content (AvgIpc) is 2.93. The second kappa shape index (κ2) is 9.96. The van der Waals surface area contributed by atoms with Crippen LogP contribution < -0.4 is 5.32 Å². The van der Waals surface area contributed by atoms with E-state index in [1.54, 1.807) is 25.0 Å². The van der Waals surface area contributed by atoms with Gasteiger partial charge in [0, 0.05) is 19.7 Å². The number of carbonyl (C=O) groups is 2. The molecule has 23 heavy (non-hydrogen) atoms. The van der Waals surface area contributed by atoms with Crippen molar-refractivity contribution in [2.45, 2.75) is 26.7 Å². The van der Waals surface area contributed by atoms with E-state index >= 15 is 0 Å². The van der Waals surface area contributed by atoms with Gasteiger partial charge in [-0.05, 0) is 12.8 Å². The van der Waals surface area contributed by atoms with Crippen molar-refractivity contribution in [1.29, 1.82) is 0 Å². The van der Waals surface area contributed by atoms with E-state index in [9.17, 15) is 9.59 Å². The standard InChI is InChI=1S/C15H25N3O5/c1-5-22-15(20)10-18(6-7-21-4)9-13(19)16-14-8-12(11(2)3)17-23-14/h8,11H,5-7,9-10H2,1-4H3,(H,16,19). The monoisotopic (exact) mass is 327 g/mol. The Bertz CT molecular complexity index is 501. The summed E-state index contributed by atoms with van der Waals surface area (Å²) in [5, 5.41) is 6.50. The molecule has 0 bridgehead atoms. The fourth-order valence-electron chi connectivity index (χ4n) is 1.82. The summed E-state index contributed by atoms with van der Waals surface area (Å²) >= 11 is 0. The van der Waals surface area contributed by atoms with Gasteiger partial charge in [-0.2, -0.15) is 0 Å². The number of amides is 1. The quantitative estimate of drug-likeness (QED) is 0.646. The van der Waals surface area contributed by atoms with E-state index in [1.165, 1.54) is 0 Å². The summed E-state index contributed by atoms with van der Waals surface area (Å²) in [4.78, 5) is 25.3. The molecule has 8 nitrogen and oxygen atoms in total. The van der Waals surface area contributed by atoms with Crippen LogP contribution in [0.25, 0.3) is 0 Å². The molecule has 1 rings (SSSR count). The van der Waals surface area contributed by atoms with Gasteiger partial charge in [0.05, 0.1) is 32.0 Å². The smallest absolute Gasteiger partial charge is 0.320 e. The number of ether oxygens (including phenoxy) is 2. The molecule has 0 unspecified atom stereocenters. The van der Waals surface area contributed by atoms with Gasteiger partial charge in [0.15, 0.2) is 0 Å². The van der Waals surface area contributed by atoms with Crippen LogP contribution in [0.4, 0.5) is 5.88 Å². The summed E-state index contributed by atoms with van der Waals surface area (Å²) in [5.74, 6) is -0.164. The maximum absolute atomic E-state index is 12.1. The molecule has 0 aliphatic rings. The lowest BCUT2D eigenvalue weighted by Gasteiger charge is -2.19. The highest BCUT2D eigenvalue weighted by molar-refractivity contribution is 5.91. The zero-order valence-corrected chi connectivity index (χ0v) is 14.1. The molecule has 0 saturated carbocycles. The number of aromatic nitrogens is 1. The Kier molecular flexibility index (Phi) is 8.28. The maximum Gasteiger partial charge on any atom is 0.320 e. The maximum atomic E-state index is 12.1. The predicted molar refractivity (Wildman–Crippen MR) is 84.2 cm³/mol. The number of carbonyl (C=O) groups excluding carboxylic acids is 2. The van der Waals surface area contributed by atoms with Gasteiger partial charge in [0.2, 0.25) is 11.8 Å². The first-order valence-corrected chi connectivity index (χ1v) is 7.59. The molecule has 0 aliphatic heterocycles. The molecular formula is C15H25N3O5. The first-order chi connectivity index (χ1) is 11.0. The molecule has 0 fully saturated rings. The highest BCUT2D eigenvalue weighted by Crippen LogP contribution is 2.17. The molecule has 1 amide bonds. The normalized spacial score (nSPS) is 11.0. The molecule has 1 heterocycles. The van der Waals surface area contributed by atoms with E-state index in [0.717, 1.165) is 5.69 Å². The topological polar surface area (TPSA) is 93.9 Å². The van der Waals surface area contributed by atoms with Crippen LogP contribution in [0.3, 0.4) is 0 Å². The van der Waals surface area contributed by atoms with Crippen molar-refractivity contribution in [2.24, 2.45) is 0 Å². The van der Waals surface area contributed by atoms with Gasteiger partial charge in [-0.15, -0.1) is 0 Å². The van der Waals surface area contributed by atoms with Gasteiger partial charge in [-0.3, -0.25) is 19.8 Å². The van der Waals surface area contributed by atoms with E-state index in [4.69, 9.17) is 14.0 Å². The Morgan fingerprint density at radius 2 is 2.13 bits per heavy atom. The summed E-state index contributed by atoms with van der Waals surface area (Å²) in [6.45, 7) is 6.91. The highest BCUT2D eigenvalue weighted by atomic mass is 16.5. The van der Waals surface area contributed by atoms with Crippen molar-refractivity contribution in [3.8, 4) is 0 Å². The fraction of sp³-hybridized carbons (Fsp3) is 0.667. The molecule has 0 aliphatic carbocycles. The third kappa shape index (κ3) is 7.25. The Hall–Kier alpha value is -1.93. The van der Waals surface area contributed by atoms with Gasteiger partial charge in [-0.25, -0.2) is 0 Å². The van der Waals surface area contributed by atoms with Gasteiger partial charge < -0.3 is 14.0 Å². The molecule has 0 atom stereocenters. The first kappa shape index (κ1) is 19.1. The van der Waals surface area contributed by atoms with Crippen LogP contribution >= 0.6 is 0 Å². The van der Waals surface area contributed by atoms with Gasteiger partial charge >= 0.3 is 5.97 Å². The minimum atomic E-state index is -0.377. The first-order valence-electron chi connectivity index (χ1n) is 7.59. The van der Waals surface area contributed by atoms with Gasteiger partial charge in [-0.1, -0.05) is 19.0 Å². The molecule has 0 aromatic carbocycles. The van der Waals surface area contributed by atoms with E-state index in [2.05, 4.69) is 10.5 Å². The highest BCUT2D eigenvalue weighted by Gasteiger charge is 2.17. The van der Waals surface area contributed by atoms with Crippen LogP contribution in [-0.4, -0.2) is 61.9 Å². The Morgan fingerprint density at radius 3 is 2.70 bits per heavy atom. The summed E-state index contributed by atoms with van der Waals surface area (Å²) in [6, 6.07) is 1.69. The second-order valence-electron chi connectivity index (χ2n) is 5.33. The Balaban J connectivity index is 2.55. The van der Waals surface area contributed by atoms with Crippen molar-refractivity contribution in [1.82, 2.24) is 10.1 Å². The molecule has 130 valence electrons. The lowest BCUT2D eigenvalue weighted by Crippen LogP contribution is -2.39. The number of hydrogen-bond acceptors (Lipinski definition) is 7. The minimum Gasteiger partial charge on any atom is -0.465 e. The van der Waals surface area contributed by atoms with Gasteiger partial charge in [0.25, 0.3) is 0 Å². The summed E-state index contributed by atoms with van der Waals surface area (Å²) in [6.07, 6.45) is 0. The number of esters is 1. The molecule has 0 spiro atoms. The molecule has 1 aromatic rings. The van der Waals surface area contributed by atoms with Crippen LogP contribution in [0.15, 0.2) is 10.6 Å². The van der Waals surface area contributed by atoms with Crippen LogP contribution in [-0.2, 0) is 19.1 Å². The number of methoxy groups -OCH3 is 1. The number of rotatable bonds is 10. The summed E-state index contributed by atoms with van der Waals surface area (Å²) < 4.78 is 15.0.